The number of rotatable bonds is 2. The SMILES string of the molecule is Cc1ccc(C(N)c2cccc3ccccc23)c(C)n1. The molecule has 3 aromatic rings. The van der Waals surface area contributed by atoms with Gasteiger partial charge in [0, 0.05) is 11.4 Å². The zero-order valence-corrected chi connectivity index (χ0v) is 11.8. The molecule has 20 heavy (non-hydrogen) atoms. The van der Waals surface area contributed by atoms with Gasteiger partial charge in [-0.05, 0) is 41.8 Å². The second kappa shape index (κ2) is 5.06. The maximum atomic E-state index is 6.49. The van der Waals surface area contributed by atoms with E-state index in [1.54, 1.807) is 0 Å². The number of hydrogen-bond donors (Lipinski definition) is 1. The summed E-state index contributed by atoms with van der Waals surface area (Å²) in [5, 5.41) is 2.43. The summed E-state index contributed by atoms with van der Waals surface area (Å²) in [7, 11) is 0. The highest BCUT2D eigenvalue weighted by molar-refractivity contribution is 5.86. The monoisotopic (exact) mass is 262 g/mol. The van der Waals surface area contributed by atoms with Crippen molar-refractivity contribution in [1.82, 2.24) is 4.98 Å². The summed E-state index contributed by atoms with van der Waals surface area (Å²) in [5.74, 6) is 0. The maximum Gasteiger partial charge on any atom is 0.0575 e. The molecule has 2 aromatic carbocycles. The van der Waals surface area contributed by atoms with Crippen LogP contribution in [0.5, 0.6) is 0 Å². The van der Waals surface area contributed by atoms with Crippen LogP contribution >= 0.6 is 0 Å². The van der Waals surface area contributed by atoms with E-state index in [9.17, 15) is 0 Å². The molecule has 2 nitrogen and oxygen atoms in total. The predicted molar refractivity (Wildman–Crippen MR) is 83.7 cm³/mol. The van der Waals surface area contributed by atoms with E-state index in [1.165, 1.54) is 10.8 Å². The number of aryl methyl sites for hydroxylation is 2. The van der Waals surface area contributed by atoms with Crippen LogP contribution in [0.2, 0.25) is 0 Å². The summed E-state index contributed by atoms with van der Waals surface area (Å²) < 4.78 is 0. The van der Waals surface area contributed by atoms with Gasteiger partial charge >= 0.3 is 0 Å². The highest BCUT2D eigenvalue weighted by atomic mass is 14.7. The highest BCUT2D eigenvalue weighted by Gasteiger charge is 2.14. The smallest absolute Gasteiger partial charge is 0.0575 e. The molecule has 1 atom stereocenters. The first-order chi connectivity index (χ1) is 9.66. The summed E-state index contributed by atoms with van der Waals surface area (Å²) in [6, 6.07) is 18.6. The van der Waals surface area contributed by atoms with Crippen molar-refractivity contribution in [3.8, 4) is 0 Å². The third-order valence-corrected chi connectivity index (χ3v) is 3.76. The third-order valence-electron chi connectivity index (χ3n) is 3.76. The molecule has 0 aliphatic rings. The average molecular weight is 262 g/mol. The molecule has 3 rings (SSSR count). The minimum absolute atomic E-state index is 0.144. The minimum atomic E-state index is -0.144. The van der Waals surface area contributed by atoms with Gasteiger partial charge in [0.2, 0.25) is 0 Å². The van der Waals surface area contributed by atoms with Crippen molar-refractivity contribution in [2.24, 2.45) is 5.73 Å². The van der Waals surface area contributed by atoms with Gasteiger partial charge in [0.1, 0.15) is 0 Å². The van der Waals surface area contributed by atoms with Crippen LogP contribution in [0.15, 0.2) is 54.6 Å². The lowest BCUT2D eigenvalue weighted by Crippen LogP contribution is -2.14. The van der Waals surface area contributed by atoms with E-state index in [4.69, 9.17) is 5.73 Å². The lowest BCUT2D eigenvalue weighted by Gasteiger charge is -2.17. The standard InChI is InChI=1S/C18H18N2/c1-12-10-11-15(13(2)20-12)18(19)17-9-5-7-14-6-3-4-8-16(14)17/h3-11,18H,19H2,1-2H3. The average Bonchev–Trinajstić information content (AvgIpc) is 2.46. The molecule has 1 heterocycles. The molecule has 100 valence electrons. The Balaban J connectivity index is 2.15. The molecule has 0 saturated heterocycles. The molecule has 2 heteroatoms. The van der Waals surface area contributed by atoms with Crippen LogP contribution in [0.1, 0.15) is 28.6 Å². The number of nitrogens with zero attached hydrogens (tertiary/aromatic N) is 1. The van der Waals surface area contributed by atoms with Gasteiger partial charge in [-0.1, -0.05) is 48.5 Å². The molecule has 2 N–H and O–H groups in total. The van der Waals surface area contributed by atoms with Crippen LogP contribution in [0.4, 0.5) is 0 Å². The Morgan fingerprint density at radius 2 is 1.60 bits per heavy atom. The van der Waals surface area contributed by atoms with Gasteiger partial charge < -0.3 is 5.73 Å². The molecule has 0 aliphatic heterocycles. The fourth-order valence-corrected chi connectivity index (χ4v) is 2.72. The number of nitrogens with two attached hydrogens (primary N) is 1. The Hall–Kier alpha value is -2.19. The Labute approximate surface area is 119 Å². The minimum Gasteiger partial charge on any atom is -0.320 e. The van der Waals surface area contributed by atoms with E-state index in [0.29, 0.717) is 0 Å². The second-order valence-electron chi connectivity index (χ2n) is 5.17. The lowest BCUT2D eigenvalue weighted by molar-refractivity contribution is 0.852. The maximum absolute atomic E-state index is 6.49. The van der Waals surface area contributed by atoms with Crippen LogP contribution < -0.4 is 5.73 Å². The van der Waals surface area contributed by atoms with Crippen molar-refractivity contribution in [2.45, 2.75) is 19.9 Å². The van der Waals surface area contributed by atoms with Crippen LogP contribution in [-0.4, -0.2) is 4.98 Å². The fourth-order valence-electron chi connectivity index (χ4n) is 2.72. The Kier molecular flexibility index (Phi) is 3.25. The van der Waals surface area contributed by atoms with Crippen molar-refractivity contribution in [2.75, 3.05) is 0 Å². The molecule has 0 fully saturated rings. The van der Waals surface area contributed by atoms with Crippen molar-refractivity contribution in [3.05, 3.63) is 77.1 Å². The van der Waals surface area contributed by atoms with Gasteiger partial charge in [-0.15, -0.1) is 0 Å². The molecule has 0 amide bonds. The first-order valence-corrected chi connectivity index (χ1v) is 6.84. The molecule has 0 spiro atoms. The van der Waals surface area contributed by atoms with E-state index in [2.05, 4.69) is 53.5 Å². The molecule has 0 aliphatic carbocycles. The summed E-state index contributed by atoms with van der Waals surface area (Å²) in [4.78, 5) is 4.52. The molecular weight excluding hydrogens is 244 g/mol. The van der Waals surface area contributed by atoms with E-state index in [-0.39, 0.29) is 6.04 Å². The normalized spacial score (nSPS) is 12.6. The molecule has 0 radical (unpaired) electrons. The van der Waals surface area contributed by atoms with Gasteiger partial charge in [0.25, 0.3) is 0 Å². The van der Waals surface area contributed by atoms with Gasteiger partial charge in [-0.25, -0.2) is 0 Å². The van der Waals surface area contributed by atoms with Crippen molar-refractivity contribution in [1.29, 1.82) is 0 Å². The summed E-state index contributed by atoms with van der Waals surface area (Å²) in [6.07, 6.45) is 0. The van der Waals surface area contributed by atoms with Crippen LogP contribution in [-0.2, 0) is 0 Å². The molecule has 0 saturated carbocycles. The Morgan fingerprint density at radius 3 is 2.40 bits per heavy atom. The van der Waals surface area contributed by atoms with E-state index >= 15 is 0 Å². The topological polar surface area (TPSA) is 38.9 Å². The molecular formula is C18H18N2. The van der Waals surface area contributed by atoms with Crippen molar-refractivity contribution in [3.63, 3.8) is 0 Å². The Bertz CT molecular complexity index is 757. The van der Waals surface area contributed by atoms with Gasteiger partial charge in [0.15, 0.2) is 0 Å². The van der Waals surface area contributed by atoms with Crippen LogP contribution in [0.3, 0.4) is 0 Å². The van der Waals surface area contributed by atoms with E-state index in [1.807, 2.05) is 19.9 Å². The number of hydrogen-bond acceptors (Lipinski definition) is 2. The second-order valence-corrected chi connectivity index (χ2v) is 5.17. The van der Waals surface area contributed by atoms with E-state index < -0.39 is 0 Å². The van der Waals surface area contributed by atoms with Crippen molar-refractivity contribution >= 4 is 10.8 Å². The van der Waals surface area contributed by atoms with Gasteiger partial charge in [-0.3, -0.25) is 4.98 Å². The number of fused-ring (bicyclic) bond motifs is 1. The van der Waals surface area contributed by atoms with Crippen LogP contribution in [0, 0.1) is 13.8 Å². The zero-order chi connectivity index (χ0) is 14.1. The number of aromatic nitrogens is 1. The fraction of sp³-hybridized carbons (Fsp3) is 0.167. The zero-order valence-electron chi connectivity index (χ0n) is 11.8. The first kappa shape index (κ1) is 12.8. The first-order valence-electron chi connectivity index (χ1n) is 6.84. The van der Waals surface area contributed by atoms with Crippen molar-refractivity contribution < 1.29 is 0 Å². The molecule has 1 aromatic heterocycles. The number of pyridine rings is 1. The lowest BCUT2D eigenvalue weighted by atomic mass is 9.93. The van der Waals surface area contributed by atoms with Crippen LogP contribution in [0.25, 0.3) is 10.8 Å². The third kappa shape index (κ3) is 2.19. The Morgan fingerprint density at radius 1 is 0.850 bits per heavy atom. The summed E-state index contributed by atoms with van der Waals surface area (Å²) >= 11 is 0. The van der Waals surface area contributed by atoms with Gasteiger partial charge in [0.05, 0.1) is 6.04 Å². The predicted octanol–water partition coefficient (Wildman–Crippen LogP) is 3.90. The largest absolute Gasteiger partial charge is 0.320 e. The van der Waals surface area contributed by atoms with E-state index in [0.717, 1.165) is 22.5 Å². The van der Waals surface area contributed by atoms with Gasteiger partial charge in [-0.2, -0.15) is 0 Å². The highest BCUT2D eigenvalue weighted by Crippen LogP contribution is 2.28. The quantitative estimate of drug-likeness (QED) is 0.760. The number of benzene rings is 2. The summed E-state index contributed by atoms with van der Waals surface area (Å²) in [5.41, 5.74) is 10.8. The molecule has 1 unspecified atom stereocenters. The summed E-state index contributed by atoms with van der Waals surface area (Å²) in [6.45, 7) is 4.02. The molecule has 0 bridgehead atoms.